The minimum Gasteiger partial charge on any atom is -0.481 e. The van der Waals surface area contributed by atoms with E-state index in [0.29, 0.717) is 17.7 Å². The lowest BCUT2D eigenvalue weighted by atomic mass is 9.98. The molecule has 0 atom stereocenters. The minimum atomic E-state index is 0.147. The van der Waals surface area contributed by atoms with Gasteiger partial charge in [-0.15, -0.1) is 0 Å². The molecule has 0 unspecified atom stereocenters. The summed E-state index contributed by atoms with van der Waals surface area (Å²) in [5.41, 5.74) is 3.19. The first-order valence-electron chi connectivity index (χ1n) is 8.49. The summed E-state index contributed by atoms with van der Waals surface area (Å²) in [4.78, 5) is 3.92. The van der Waals surface area contributed by atoms with E-state index in [1.807, 2.05) is 45.9 Å². The van der Waals surface area contributed by atoms with Crippen molar-refractivity contribution in [3.05, 3.63) is 60.3 Å². The molecule has 1 N–H and O–H groups in total. The predicted molar refractivity (Wildman–Crippen MR) is 106 cm³/mol. The van der Waals surface area contributed by atoms with Gasteiger partial charge in [-0.3, -0.25) is 0 Å². The van der Waals surface area contributed by atoms with Crippen LogP contribution in [0.2, 0.25) is 0 Å². The third kappa shape index (κ3) is 9.31. The lowest BCUT2D eigenvalue weighted by Gasteiger charge is -2.09. The summed E-state index contributed by atoms with van der Waals surface area (Å²) < 4.78 is 4.99. The molecule has 3 heteroatoms. The van der Waals surface area contributed by atoms with Gasteiger partial charge in [0.15, 0.2) is 0 Å². The van der Waals surface area contributed by atoms with Gasteiger partial charge >= 0.3 is 0 Å². The molecule has 0 aromatic heterocycles. The van der Waals surface area contributed by atoms with Crippen LogP contribution in [0.4, 0.5) is 0 Å². The van der Waals surface area contributed by atoms with Crippen LogP contribution in [0.25, 0.3) is 0 Å². The summed E-state index contributed by atoms with van der Waals surface area (Å²) in [6.45, 7) is 19.8. The third-order valence-corrected chi connectivity index (χ3v) is 3.22. The second-order valence-corrected chi connectivity index (χ2v) is 5.51. The van der Waals surface area contributed by atoms with E-state index in [1.165, 1.54) is 11.8 Å². The molecule has 1 aromatic carbocycles. The number of rotatable bonds is 5. The van der Waals surface area contributed by atoms with Crippen molar-refractivity contribution in [2.45, 2.75) is 54.1 Å². The Bertz CT molecular complexity index is 502. The number of nitrogens with zero attached hydrogens (tertiary/aromatic N) is 1. The molecule has 0 spiro atoms. The molecule has 0 aliphatic heterocycles. The monoisotopic (exact) mass is 333 g/mol. The largest absolute Gasteiger partial charge is 0.481 e. The van der Waals surface area contributed by atoms with E-state index in [4.69, 9.17) is 9.84 Å². The Morgan fingerprint density at radius 3 is 2.08 bits per heavy atom. The number of hydrogen-bond acceptors (Lipinski definition) is 3. The van der Waals surface area contributed by atoms with Gasteiger partial charge in [-0.2, -0.15) is 0 Å². The Morgan fingerprint density at radius 2 is 1.75 bits per heavy atom. The zero-order valence-electron chi connectivity index (χ0n) is 16.5. The molecule has 136 valence electrons. The van der Waals surface area contributed by atoms with Gasteiger partial charge in [-0.1, -0.05) is 79.0 Å². The van der Waals surface area contributed by atoms with Crippen molar-refractivity contribution in [3.63, 3.8) is 0 Å². The molecular weight excluding hydrogens is 298 g/mol. The second kappa shape index (κ2) is 14.7. The highest BCUT2D eigenvalue weighted by Crippen LogP contribution is 2.18. The molecule has 1 rings (SSSR count). The van der Waals surface area contributed by atoms with Crippen LogP contribution in [-0.2, 0) is 11.3 Å². The van der Waals surface area contributed by atoms with Gasteiger partial charge in [0.05, 0.1) is 13.7 Å². The number of aliphatic imine (C=N–C) groups is 1. The normalized spacial score (nSPS) is 10.3. The van der Waals surface area contributed by atoms with Crippen LogP contribution in [0.5, 0.6) is 0 Å². The average molecular weight is 334 g/mol. The lowest BCUT2D eigenvalue weighted by Crippen LogP contribution is -2.08. The minimum absolute atomic E-state index is 0.147. The number of methoxy groups -OCH3 is 1. The Balaban J connectivity index is 0. The SMILES string of the molecule is C=CN=C(OC)C(=C)C(C)C.CC.CC(C)c1ccccc1CO. The molecule has 3 nitrogen and oxygen atoms in total. The highest BCUT2D eigenvalue weighted by molar-refractivity contribution is 5.93. The second-order valence-electron chi connectivity index (χ2n) is 5.51. The Labute approximate surface area is 148 Å². The van der Waals surface area contributed by atoms with Gasteiger partial charge in [0.1, 0.15) is 0 Å². The van der Waals surface area contributed by atoms with Gasteiger partial charge in [-0.05, 0) is 23.0 Å². The van der Waals surface area contributed by atoms with Crippen LogP contribution in [0.1, 0.15) is 58.6 Å². The third-order valence-electron chi connectivity index (χ3n) is 3.22. The molecule has 0 aliphatic rings. The number of benzene rings is 1. The van der Waals surface area contributed by atoms with E-state index >= 15 is 0 Å². The maximum absolute atomic E-state index is 8.97. The number of ether oxygens (including phenoxy) is 1. The fraction of sp³-hybridized carbons (Fsp3) is 0.476. The highest BCUT2D eigenvalue weighted by atomic mass is 16.5. The molecule has 24 heavy (non-hydrogen) atoms. The standard InChI is InChI=1S/C10H14O.C9H15NO.C2H6/c1-8(2)10-6-4-3-5-9(10)7-11;1-6-10-9(11-5)8(4)7(2)3;1-2/h3-6,8,11H,7H2,1-2H3;6-7H,1,4H2,2-3,5H3;1-2H3. The maximum Gasteiger partial charge on any atom is 0.215 e. The van der Waals surface area contributed by atoms with Crippen molar-refractivity contribution in [3.8, 4) is 0 Å². The molecule has 0 radical (unpaired) electrons. The van der Waals surface area contributed by atoms with E-state index in [9.17, 15) is 0 Å². The van der Waals surface area contributed by atoms with Gasteiger partial charge in [-0.25, -0.2) is 4.99 Å². The quantitative estimate of drug-likeness (QED) is 0.553. The van der Waals surface area contributed by atoms with E-state index < -0.39 is 0 Å². The molecule has 0 amide bonds. The molecule has 0 bridgehead atoms. The van der Waals surface area contributed by atoms with Crippen molar-refractivity contribution in [1.29, 1.82) is 0 Å². The van der Waals surface area contributed by atoms with Crippen molar-refractivity contribution >= 4 is 5.90 Å². The van der Waals surface area contributed by atoms with Crippen LogP contribution in [0.15, 0.2) is 54.2 Å². The van der Waals surface area contributed by atoms with Crippen molar-refractivity contribution in [2.75, 3.05) is 7.11 Å². The molecule has 0 aliphatic carbocycles. The Morgan fingerprint density at radius 1 is 1.21 bits per heavy atom. The zero-order valence-corrected chi connectivity index (χ0v) is 16.5. The van der Waals surface area contributed by atoms with Crippen LogP contribution < -0.4 is 0 Å². The van der Waals surface area contributed by atoms with E-state index in [2.05, 4.69) is 38.1 Å². The number of aliphatic hydroxyl groups is 1. The molecule has 0 heterocycles. The van der Waals surface area contributed by atoms with Crippen LogP contribution in [-0.4, -0.2) is 18.1 Å². The fourth-order valence-corrected chi connectivity index (χ4v) is 1.84. The number of aliphatic hydroxyl groups excluding tert-OH is 1. The van der Waals surface area contributed by atoms with Crippen LogP contribution >= 0.6 is 0 Å². The molecule has 0 saturated heterocycles. The van der Waals surface area contributed by atoms with Crippen molar-refractivity contribution in [2.24, 2.45) is 10.9 Å². The van der Waals surface area contributed by atoms with Crippen LogP contribution in [0.3, 0.4) is 0 Å². The summed E-state index contributed by atoms with van der Waals surface area (Å²) in [6.07, 6.45) is 1.45. The number of hydrogen-bond donors (Lipinski definition) is 1. The topological polar surface area (TPSA) is 41.8 Å². The van der Waals surface area contributed by atoms with E-state index in [1.54, 1.807) is 7.11 Å². The zero-order chi connectivity index (χ0) is 19.1. The summed E-state index contributed by atoms with van der Waals surface area (Å²) in [5, 5.41) is 8.97. The van der Waals surface area contributed by atoms with Gasteiger partial charge in [0.2, 0.25) is 5.90 Å². The summed E-state index contributed by atoms with van der Waals surface area (Å²) in [5.74, 6) is 1.42. The summed E-state index contributed by atoms with van der Waals surface area (Å²) in [7, 11) is 1.58. The first-order valence-corrected chi connectivity index (χ1v) is 8.49. The summed E-state index contributed by atoms with van der Waals surface area (Å²) in [6, 6.07) is 8.00. The average Bonchev–Trinajstić information content (AvgIpc) is 2.61. The Kier molecular flexibility index (Phi) is 14.9. The molecule has 0 fully saturated rings. The lowest BCUT2D eigenvalue weighted by molar-refractivity contribution is 0.280. The molecule has 0 saturated carbocycles. The van der Waals surface area contributed by atoms with Crippen LogP contribution in [0, 0.1) is 5.92 Å². The van der Waals surface area contributed by atoms with Crippen molar-refractivity contribution < 1.29 is 9.84 Å². The Hall–Kier alpha value is -1.87. The highest BCUT2D eigenvalue weighted by Gasteiger charge is 2.07. The van der Waals surface area contributed by atoms with E-state index in [0.717, 1.165) is 11.1 Å². The van der Waals surface area contributed by atoms with Gasteiger partial charge in [0.25, 0.3) is 0 Å². The summed E-state index contributed by atoms with van der Waals surface area (Å²) >= 11 is 0. The maximum atomic E-state index is 8.97. The fourth-order valence-electron chi connectivity index (χ4n) is 1.84. The first kappa shape index (κ1) is 24.4. The first-order chi connectivity index (χ1) is 11.4. The van der Waals surface area contributed by atoms with Crippen molar-refractivity contribution in [1.82, 2.24) is 0 Å². The van der Waals surface area contributed by atoms with Gasteiger partial charge < -0.3 is 9.84 Å². The smallest absolute Gasteiger partial charge is 0.215 e. The molecular formula is C21H35NO2. The van der Waals surface area contributed by atoms with E-state index in [-0.39, 0.29) is 6.61 Å². The predicted octanol–water partition coefficient (Wildman–Crippen LogP) is 5.72. The van der Waals surface area contributed by atoms with Gasteiger partial charge in [0, 0.05) is 11.8 Å². The molecule has 1 aromatic rings.